The maximum atomic E-state index is 13.1. The van der Waals surface area contributed by atoms with Gasteiger partial charge in [-0.25, -0.2) is 9.97 Å². The quantitative estimate of drug-likeness (QED) is 0.461. The topological polar surface area (TPSA) is 107 Å². The Labute approximate surface area is 196 Å². The highest BCUT2D eigenvalue weighted by Crippen LogP contribution is 2.30. The van der Waals surface area contributed by atoms with Crippen LogP contribution in [0.4, 0.5) is 5.69 Å². The molecule has 2 N–H and O–H groups in total. The van der Waals surface area contributed by atoms with Crippen molar-refractivity contribution in [2.75, 3.05) is 19.0 Å². The maximum Gasteiger partial charge on any atom is 0.261 e. The summed E-state index contributed by atoms with van der Waals surface area (Å²) in [5.41, 5.74) is 3.77. The van der Waals surface area contributed by atoms with Crippen LogP contribution in [0.3, 0.4) is 0 Å². The van der Waals surface area contributed by atoms with Crippen LogP contribution in [0.2, 0.25) is 0 Å². The second-order valence-corrected chi connectivity index (χ2v) is 7.42. The van der Waals surface area contributed by atoms with Crippen molar-refractivity contribution in [2.45, 2.75) is 20.0 Å². The molecule has 4 heterocycles. The number of aryl methyl sites for hydroxylation is 1. The summed E-state index contributed by atoms with van der Waals surface area (Å²) >= 11 is 0. The van der Waals surface area contributed by atoms with Gasteiger partial charge in [-0.2, -0.15) is 0 Å². The van der Waals surface area contributed by atoms with Crippen LogP contribution < -0.4 is 15.4 Å². The summed E-state index contributed by atoms with van der Waals surface area (Å²) in [6.07, 6.45) is 1.81. The number of aromatic nitrogens is 4. The Balaban J connectivity index is 0.00000259. The molecule has 4 aromatic rings. The number of methoxy groups -OCH3 is 1. The zero-order chi connectivity index (χ0) is 22.1. The van der Waals surface area contributed by atoms with Crippen LogP contribution in [-0.4, -0.2) is 39.3 Å². The van der Waals surface area contributed by atoms with E-state index >= 15 is 0 Å². The molecule has 5 rings (SSSR count). The van der Waals surface area contributed by atoms with E-state index in [-0.39, 0.29) is 18.3 Å². The van der Waals surface area contributed by atoms with Crippen molar-refractivity contribution in [3.63, 3.8) is 0 Å². The number of carbonyl (C=O) groups excluding carboxylic acids is 1. The highest BCUT2D eigenvalue weighted by molar-refractivity contribution is 6.09. The third kappa shape index (κ3) is 4.20. The van der Waals surface area contributed by atoms with Crippen LogP contribution in [0.15, 0.2) is 53.2 Å². The van der Waals surface area contributed by atoms with Gasteiger partial charge in [0.05, 0.1) is 31.2 Å². The van der Waals surface area contributed by atoms with E-state index in [0.717, 1.165) is 42.4 Å². The van der Waals surface area contributed by atoms with Crippen LogP contribution in [0.1, 0.15) is 21.9 Å². The van der Waals surface area contributed by atoms with Gasteiger partial charge in [0.2, 0.25) is 5.88 Å². The zero-order valence-corrected chi connectivity index (χ0v) is 19.0. The van der Waals surface area contributed by atoms with Crippen molar-refractivity contribution >= 4 is 24.0 Å². The lowest BCUT2D eigenvalue weighted by molar-refractivity contribution is 0.102. The molecule has 0 aliphatic carbocycles. The fraction of sp³-hybridized carbons (Fsp3) is 0.217. The predicted molar refractivity (Wildman–Crippen MR) is 126 cm³/mol. The lowest BCUT2D eigenvalue weighted by Gasteiger charge is -2.18. The summed E-state index contributed by atoms with van der Waals surface area (Å²) in [7, 11) is 1.53. The Morgan fingerprint density at radius 2 is 2.03 bits per heavy atom. The number of benzene rings is 1. The van der Waals surface area contributed by atoms with E-state index in [1.54, 1.807) is 13.0 Å². The fourth-order valence-corrected chi connectivity index (χ4v) is 3.85. The first kappa shape index (κ1) is 22.5. The summed E-state index contributed by atoms with van der Waals surface area (Å²) in [6, 6.07) is 13.1. The molecule has 0 spiro atoms. The third-order valence-corrected chi connectivity index (χ3v) is 5.43. The van der Waals surface area contributed by atoms with Gasteiger partial charge in [0.1, 0.15) is 28.5 Å². The number of hydrogen-bond donors (Lipinski definition) is 2. The van der Waals surface area contributed by atoms with Gasteiger partial charge in [-0.05, 0) is 19.1 Å². The molecule has 1 amide bonds. The number of halogens is 1. The monoisotopic (exact) mass is 466 g/mol. The van der Waals surface area contributed by atoms with E-state index in [0.29, 0.717) is 28.6 Å². The van der Waals surface area contributed by atoms with E-state index in [4.69, 9.17) is 9.26 Å². The van der Waals surface area contributed by atoms with E-state index < -0.39 is 0 Å². The zero-order valence-electron chi connectivity index (χ0n) is 18.2. The summed E-state index contributed by atoms with van der Waals surface area (Å²) < 4.78 is 12.9. The number of fused-ring (bicyclic) bond motifs is 1. The number of nitrogens with zero attached hydrogens (tertiary/aromatic N) is 4. The Morgan fingerprint density at radius 3 is 2.82 bits per heavy atom. The molecule has 0 fully saturated rings. The number of carbonyl (C=O) groups is 1. The average molecular weight is 467 g/mol. The Kier molecular flexibility index (Phi) is 6.43. The minimum atomic E-state index is -0.344. The number of pyridine rings is 1. The number of imidazole rings is 1. The SMILES string of the molecule is COc1nc(-c2cnc3n2CCNC3)ccc1NC(=O)c1c(-c2ccccc2)noc1C.Cl. The first-order valence-corrected chi connectivity index (χ1v) is 10.3. The fourth-order valence-electron chi connectivity index (χ4n) is 3.85. The standard InChI is InChI=1S/C23H22N6O3.ClH/c1-14-20(21(28-32-14)15-6-4-3-5-7-15)22(30)26-17-9-8-16(27-23(17)31-2)18-12-25-19-13-24-10-11-29(18)19;/h3-9,12,24H,10-11,13H2,1-2H3,(H,26,30);1H. The lowest BCUT2D eigenvalue weighted by Crippen LogP contribution is -2.28. The van der Waals surface area contributed by atoms with Crippen molar-refractivity contribution in [3.8, 4) is 28.5 Å². The van der Waals surface area contributed by atoms with E-state index in [1.165, 1.54) is 7.11 Å². The molecule has 1 aromatic carbocycles. The number of amides is 1. The largest absolute Gasteiger partial charge is 0.479 e. The normalized spacial score (nSPS) is 12.5. The summed E-state index contributed by atoms with van der Waals surface area (Å²) in [4.78, 5) is 22.2. The Hall–Kier alpha value is -3.69. The second kappa shape index (κ2) is 9.43. The highest BCUT2D eigenvalue weighted by Gasteiger charge is 2.23. The van der Waals surface area contributed by atoms with Crippen LogP contribution in [-0.2, 0) is 13.1 Å². The molecule has 33 heavy (non-hydrogen) atoms. The van der Waals surface area contributed by atoms with Crippen molar-refractivity contribution < 1.29 is 14.1 Å². The minimum absolute atomic E-state index is 0. The number of rotatable bonds is 5. The van der Waals surface area contributed by atoms with Gasteiger partial charge in [0, 0.05) is 18.7 Å². The van der Waals surface area contributed by atoms with Crippen LogP contribution >= 0.6 is 12.4 Å². The molecule has 1 aliphatic heterocycles. The molecule has 0 unspecified atom stereocenters. The van der Waals surface area contributed by atoms with E-state index in [1.807, 2.05) is 42.6 Å². The molecule has 1 aliphatic rings. The van der Waals surface area contributed by atoms with Gasteiger partial charge in [0.15, 0.2) is 0 Å². The molecular formula is C23H23ClN6O3. The smallest absolute Gasteiger partial charge is 0.261 e. The van der Waals surface area contributed by atoms with Gasteiger partial charge in [0.25, 0.3) is 5.91 Å². The van der Waals surface area contributed by atoms with Gasteiger partial charge < -0.3 is 24.5 Å². The molecule has 170 valence electrons. The number of ether oxygens (including phenoxy) is 1. The third-order valence-electron chi connectivity index (χ3n) is 5.43. The molecule has 3 aromatic heterocycles. The van der Waals surface area contributed by atoms with Gasteiger partial charge in [-0.15, -0.1) is 12.4 Å². The summed E-state index contributed by atoms with van der Waals surface area (Å²) in [5, 5.41) is 10.3. The molecule has 0 bridgehead atoms. The molecular weight excluding hydrogens is 444 g/mol. The first-order chi connectivity index (χ1) is 15.7. The van der Waals surface area contributed by atoms with Crippen molar-refractivity contribution in [2.24, 2.45) is 0 Å². The van der Waals surface area contributed by atoms with Gasteiger partial charge in [-0.1, -0.05) is 35.5 Å². The molecule has 9 nitrogen and oxygen atoms in total. The number of hydrogen-bond acceptors (Lipinski definition) is 7. The lowest BCUT2D eigenvalue weighted by atomic mass is 10.1. The average Bonchev–Trinajstić information content (AvgIpc) is 3.43. The highest BCUT2D eigenvalue weighted by atomic mass is 35.5. The van der Waals surface area contributed by atoms with Crippen LogP contribution in [0.25, 0.3) is 22.6 Å². The Bertz CT molecular complexity index is 1280. The van der Waals surface area contributed by atoms with E-state index in [9.17, 15) is 4.79 Å². The van der Waals surface area contributed by atoms with Crippen molar-refractivity contribution in [1.82, 2.24) is 25.0 Å². The van der Waals surface area contributed by atoms with E-state index in [2.05, 4.69) is 30.3 Å². The van der Waals surface area contributed by atoms with Gasteiger partial charge in [-0.3, -0.25) is 4.79 Å². The molecule has 0 saturated heterocycles. The van der Waals surface area contributed by atoms with Crippen molar-refractivity contribution in [1.29, 1.82) is 0 Å². The van der Waals surface area contributed by atoms with Crippen molar-refractivity contribution in [3.05, 3.63) is 65.8 Å². The second-order valence-electron chi connectivity index (χ2n) is 7.42. The number of anilines is 1. The maximum absolute atomic E-state index is 13.1. The molecule has 0 radical (unpaired) electrons. The number of nitrogens with one attached hydrogen (secondary N) is 2. The molecule has 0 saturated carbocycles. The minimum Gasteiger partial charge on any atom is -0.479 e. The predicted octanol–water partition coefficient (Wildman–Crippen LogP) is 3.69. The molecule has 0 atom stereocenters. The van der Waals surface area contributed by atoms with Crippen LogP contribution in [0, 0.1) is 6.92 Å². The first-order valence-electron chi connectivity index (χ1n) is 10.3. The summed E-state index contributed by atoms with van der Waals surface area (Å²) in [5.74, 6) is 1.38. The summed E-state index contributed by atoms with van der Waals surface area (Å²) in [6.45, 7) is 4.14. The van der Waals surface area contributed by atoms with Crippen LogP contribution in [0.5, 0.6) is 5.88 Å². The molecule has 10 heteroatoms. The van der Waals surface area contributed by atoms with Gasteiger partial charge >= 0.3 is 0 Å². The Morgan fingerprint density at radius 1 is 1.21 bits per heavy atom.